The quantitative estimate of drug-likeness (QED) is 0.771. The molecule has 0 spiro atoms. The lowest BCUT2D eigenvalue weighted by atomic mass is 10.2. The van der Waals surface area contributed by atoms with Crippen molar-refractivity contribution < 1.29 is 22.3 Å². The van der Waals surface area contributed by atoms with Gasteiger partial charge in [0.1, 0.15) is 9.21 Å². The van der Waals surface area contributed by atoms with E-state index < -0.39 is 27.4 Å². The molecule has 0 amide bonds. The number of anilines is 1. The van der Waals surface area contributed by atoms with Crippen LogP contribution in [0.3, 0.4) is 0 Å². The van der Waals surface area contributed by atoms with Gasteiger partial charge in [0, 0.05) is 29.9 Å². The van der Waals surface area contributed by atoms with E-state index in [0.29, 0.717) is 13.0 Å². The number of β-amino-alcohol motifs (C(OH)–C–C–N with tert-alkyl or cyclic N) is 1. The van der Waals surface area contributed by atoms with Crippen LogP contribution < -0.4 is 4.72 Å². The number of sulfonamides is 1. The summed E-state index contributed by atoms with van der Waals surface area (Å²) in [5.74, 6) is 0. The molecule has 20 heavy (non-hydrogen) atoms. The van der Waals surface area contributed by atoms with Crippen molar-refractivity contribution in [1.29, 1.82) is 0 Å². The van der Waals surface area contributed by atoms with Crippen LogP contribution in [0.1, 0.15) is 31.4 Å². The molecule has 2 heterocycles. The monoisotopic (exact) mass is 339 g/mol. The first-order valence-corrected chi connectivity index (χ1v) is 9.37. The van der Waals surface area contributed by atoms with Gasteiger partial charge >= 0.3 is 0 Å². The van der Waals surface area contributed by atoms with Crippen LogP contribution in [0.25, 0.3) is 0 Å². The van der Waals surface area contributed by atoms with Crippen LogP contribution in [-0.2, 0) is 21.3 Å². The van der Waals surface area contributed by atoms with Crippen LogP contribution in [0.4, 0.5) is 5.00 Å². The first-order valence-electron chi connectivity index (χ1n) is 6.04. The van der Waals surface area contributed by atoms with E-state index in [1.807, 2.05) is 6.92 Å². The molecule has 1 aliphatic heterocycles. The lowest BCUT2D eigenvalue weighted by Crippen LogP contribution is -2.39. The van der Waals surface area contributed by atoms with Gasteiger partial charge in [-0.1, -0.05) is 13.3 Å². The molecule has 2 atom stereocenters. The molecule has 0 radical (unpaired) electrons. The van der Waals surface area contributed by atoms with E-state index in [1.54, 1.807) is 0 Å². The zero-order chi connectivity index (χ0) is 14.9. The molecule has 0 fully saturated rings. The topological polar surface area (TPSA) is 110 Å². The number of aliphatic hydroxyl groups is 1. The Morgan fingerprint density at radius 2 is 2.35 bits per heavy atom. The first-order chi connectivity index (χ1) is 9.36. The fraction of sp³-hybridized carbons (Fsp3) is 0.600. The van der Waals surface area contributed by atoms with E-state index in [1.165, 1.54) is 10.4 Å². The van der Waals surface area contributed by atoms with Crippen molar-refractivity contribution in [2.45, 2.75) is 30.1 Å². The lowest BCUT2D eigenvalue weighted by Gasteiger charge is -2.29. The number of aliphatic hydroxyl groups excluding tert-OH is 1. The van der Waals surface area contributed by atoms with Crippen molar-refractivity contribution in [3.05, 3.63) is 11.6 Å². The summed E-state index contributed by atoms with van der Waals surface area (Å²) in [6.45, 7) is 2.31. The molecule has 1 aromatic rings. The Balaban J connectivity index is 2.37. The molecule has 0 saturated carbocycles. The fourth-order valence-electron chi connectivity index (χ4n) is 2.01. The van der Waals surface area contributed by atoms with Gasteiger partial charge in [-0.3, -0.25) is 4.21 Å². The van der Waals surface area contributed by atoms with Crippen LogP contribution in [0.15, 0.2) is 10.3 Å². The number of nitrogens with zero attached hydrogens (tertiary/aromatic N) is 1. The number of hydrogen-bond acceptors (Lipinski definition) is 6. The molecule has 1 unspecified atom stereocenters. The zero-order valence-electron chi connectivity index (χ0n) is 10.7. The highest BCUT2D eigenvalue weighted by molar-refractivity contribution is 7.91. The van der Waals surface area contributed by atoms with Gasteiger partial charge < -0.3 is 14.4 Å². The number of fused-ring (bicyclic) bond motifs is 1. The van der Waals surface area contributed by atoms with E-state index >= 15 is 0 Å². The minimum absolute atomic E-state index is 0.00592. The summed E-state index contributed by atoms with van der Waals surface area (Å²) in [4.78, 5) is 0. The third kappa shape index (κ3) is 3.05. The van der Waals surface area contributed by atoms with Crippen LogP contribution in [0.2, 0.25) is 0 Å². The van der Waals surface area contributed by atoms with Gasteiger partial charge in [0.15, 0.2) is 0 Å². The van der Waals surface area contributed by atoms with E-state index in [-0.39, 0.29) is 21.3 Å². The maximum Gasteiger partial charge on any atom is 0.253 e. The van der Waals surface area contributed by atoms with Crippen LogP contribution in [-0.4, -0.2) is 39.7 Å². The third-order valence-electron chi connectivity index (χ3n) is 2.98. The van der Waals surface area contributed by atoms with Crippen LogP contribution in [0, 0.1) is 0 Å². The summed E-state index contributed by atoms with van der Waals surface area (Å²) in [5.41, 5.74) is 0.260. The average Bonchev–Trinajstić information content (AvgIpc) is 2.76. The predicted molar refractivity (Wildman–Crippen MR) is 75.5 cm³/mol. The van der Waals surface area contributed by atoms with Gasteiger partial charge in [0.25, 0.3) is 10.0 Å². The van der Waals surface area contributed by atoms with E-state index in [4.69, 9.17) is 0 Å². The summed E-state index contributed by atoms with van der Waals surface area (Å²) in [7, 11) is -3.65. The highest BCUT2D eigenvalue weighted by atomic mass is 32.2. The van der Waals surface area contributed by atoms with Gasteiger partial charge in [-0.25, -0.2) is 8.42 Å². The predicted octanol–water partition coefficient (Wildman–Crippen LogP) is 0.792. The van der Waals surface area contributed by atoms with Crippen molar-refractivity contribution >= 4 is 37.6 Å². The summed E-state index contributed by atoms with van der Waals surface area (Å²) < 4.78 is 49.4. The largest absolute Gasteiger partial charge is 0.755 e. The SMILES string of the molecule is CCCCN1C[C@@H](O)c2cc(NS(=O)[O-])sc2S1(=O)=O. The van der Waals surface area contributed by atoms with E-state index in [9.17, 15) is 22.3 Å². The fourth-order valence-corrected chi connectivity index (χ4v) is 5.74. The molecule has 0 aromatic carbocycles. The Labute approximate surface area is 124 Å². The highest BCUT2D eigenvalue weighted by Gasteiger charge is 2.37. The second-order valence-corrected chi connectivity index (χ2v) is 8.28. The second kappa shape index (κ2) is 6.08. The zero-order valence-corrected chi connectivity index (χ0v) is 13.2. The summed E-state index contributed by atoms with van der Waals surface area (Å²) in [6.07, 6.45) is 0.626. The Morgan fingerprint density at radius 1 is 1.65 bits per heavy atom. The van der Waals surface area contributed by atoms with E-state index in [0.717, 1.165) is 17.8 Å². The molecule has 0 bridgehead atoms. The van der Waals surface area contributed by atoms with Gasteiger partial charge in [-0.2, -0.15) is 4.31 Å². The normalized spacial score (nSPS) is 23.2. The summed E-state index contributed by atoms with van der Waals surface area (Å²) >= 11 is -1.71. The Morgan fingerprint density at radius 3 is 2.95 bits per heavy atom. The molecule has 1 aromatic heterocycles. The molecular weight excluding hydrogens is 324 g/mol. The molecule has 7 nitrogen and oxygen atoms in total. The summed E-state index contributed by atoms with van der Waals surface area (Å²) in [5, 5.41) is 10.2. The Kier molecular flexibility index (Phi) is 4.82. The molecular formula is C10H15N2O5S3-. The van der Waals surface area contributed by atoms with Gasteiger partial charge in [-0.05, 0) is 12.5 Å². The smallest absolute Gasteiger partial charge is 0.253 e. The van der Waals surface area contributed by atoms with Gasteiger partial charge in [-0.15, -0.1) is 11.3 Å². The van der Waals surface area contributed by atoms with Crippen molar-refractivity contribution in [2.75, 3.05) is 17.8 Å². The van der Waals surface area contributed by atoms with Crippen molar-refractivity contribution in [1.82, 2.24) is 4.31 Å². The minimum atomic E-state index is -3.65. The minimum Gasteiger partial charge on any atom is -0.755 e. The van der Waals surface area contributed by atoms with Crippen molar-refractivity contribution in [3.8, 4) is 0 Å². The molecule has 0 aliphatic carbocycles. The number of unbranched alkanes of at least 4 members (excludes halogenated alkanes) is 1. The maximum absolute atomic E-state index is 12.4. The van der Waals surface area contributed by atoms with E-state index in [2.05, 4.69) is 4.72 Å². The number of nitrogens with one attached hydrogen (secondary N) is 1. The van der Waals surface area contributed by atoms with Crippen LogP contribution >= 0.6 is 11.3 Å². The van der Waals surface area contributed by atoms with Crippen molar-refractivity contribution in [2.24, 2.45) is 0 Å². The summed E-state index contributed by atoms with van der Waals surface area (Å²) in [6, 6.07) is 1.37. The highest BCUT2D eigenvalue weighted by Crippen LogP contribution is 2.40. The number of rotatable bonds is 5. The molecule has 0 saturated heterocycles. The molecule has 10 heteroatoms. The molecule has 2 rings (SSSR count). The average molecular weight is 339 g/mol. The number of hydrogen-bond donors (Lipinski definition) is 2. The number of thiophene rings is 1. The second-order valence-electron chi connectivity index (χ2n) is 4.42. The van der Waals surface area contributed by atoms with Crippen LogP contribution in [0.5, 0.6) is 0 Å². The third-order valence-corrected chi connectivity index (χ3v) is 6.95. The lowest BCUT2D eigenvalue weighted by molar-refractivity contribution is 0.139. The molecule has 2 N–H and O–H groups in total. The standard InChI is InChI=1S/C10H16N2O5S3/c1-2-3-4-12-6-8(13)7-5-9(11-19(14)15)18-10(7)20(12,16)17/h5,8,11,13H,2-4,6H2,1H3,(H,14,15)/p-1/t8-/m1/s1. The Hall–Kier alpha value is -0.520. The Bertz CT molecular complexity index is 612. The molecule has 1 aliphatic rings. The maximum atomic E-state index is 12.4. The van der Waals surface area contributed by atoms with Gasteiger partial charge in [0.2, 0.25) is 0 Å². The first kappa shape index (κ1) is 15.9. The molecule has 114 valence electrons. The van der Waals surface area contributed by atoms with Gasteiger partial charge in [0.05, 0.1) is 6.10 Å². The van der Waals surface area contributed by atoms with Crippen molar-refractivity contribution in [3.63, 3.8) is 0 Å².